The van der Waals surface area contributed by atoms with Crippen LogP contribution in [0.1, 0.15) is 24.0 Å². The molecule has 1 fully saturated rings. The van der Waals surface area contributed by atoms with E-state index in [1.807, 2.05) is 60.7 Å². The van der Waals surface area contributed by atoms with Gasteiger partial charge in [0.2, 0.25) is 10.0 Å². The van der Waals surface area contributed by atoms with E-state index >= 15 is 0 Å². The maximum absolute atomic E-state index is 12.2. The van der Waals surface area contributed by atoms with Gasteiger partial charge in [0.15, 0.2) is 0 Å². The van der Waals surface area contributed by atoms with Crippen molar-refractivity contribution < 1.29 is 13.5 Å². The van der Waals surface area contributed by atoms with Gasteiger partial charge in [0.1, 0.15) is 5.60 Å². The average Bonchev–Trinajstić information content (AvgIpc) is 3.45. The van der Waals surface area contributed by atoms with Crippen molar-refractivity contribution in [2.75, 3.05) is 6.54 Å². The minimum Gasteiger partial charge on any atom is -0.383 e. The Morgan fingerprint density at radius 3 is 2.21 bits per heavy atom. The predicted molar refractivity (Wildman–Crippen MR) is 95.5 cm³/mol. The van der Waals surface area contributed by atoms with E-state index in [1.54, 1.807) is 6.08 Å². The second-order valence-corrected chi connectivity index (χ2v) is 7.79. The smallest absolute Gasteiger partial charge is 0.233 e. The van der Waals surface area contributed by atoms with Crippen LogP contribution in [0.3, 0.4) is 0 Å². The molecule has 3 rings (SSSR count). The van der Waals surface area contributed by atoms with Crippen molar-refractivity contribution in [3.05, 3.63) is 77.2 Å². The molecular weight excluding hydrogens is 322 g/mol. The highest BCUT2D eigenvalue weighted by Gasteiger charge is 2.45. The number of rotatable bonds is 7. The van der Waals surface area contributed by atoms with Gasteiger partial charge in [-0.25, -0.2) is 13.1 Å². The lowest BCUT2D eigenvalue weighted by atomic mass is 9.89. The lowest BCUT2D eigenvalue weighted by Gasteiger charge is -2.28. The summed E-state index contributed by atoms with van der Waals surface area (Å²) in [6.45, 7) is -0.0247. The zero-order valence-electron chi connectivity index (χ0n) is 13.3. The summed E-state index contributed by atoms with van der Waals surface area (Å²) in [6.07, 6.45) is 3.36. The quantitative estimate of drug-likeness (QED) is 0.812. The lowest BCUT2D eigenvalue weighted by Crippen LogP contribution is -2.41. The van der Waals surface area contributed by atoms with Crippen LogP contribution in [0.25, 0.3) is 6.08 Å². The molecule has 0 bridgehead atoms. The molecule has 0 amide bonds. The Hall–Kier alpha value is -1.95. The van der Waals surface area contributed by atoms with Crippen molar-refractivity contribution in [3.8, 4) is 0 Å². The minimum atomic E-state index is -3.62. The highest BCUT2D eigenvalue weighted by atomic mass is 32.2. The largest absolute Gasteiger partial charge is 0.383 e. The molecule has 1 unspecified atom stereocenters. The van der Waals surface area contributed by atoms with E-state index in [-0.39, 0.29) is 12.5 Å². The Labute approximate surface area is 142 Å². The fraction of sp³-hybridized carbons (Fsp3) is 0.263. The molecule has 0 heterocycles. The molecule has 0 aromatic heterocycles. The van der Waals surface area contributed by atoms with Crippen LogP contribution in [0.15, 0.2) is 66.1 Å². The van der Waals surface area contributed by atoms with E-state index in [9.17, 15) is 13.5 Å². The molecule has 5 heteroatoms. The number of aliphatic hydroxyl groups is 1. The Balaban J connectivity index is 1.72. The van der Waals surface area contributed by atoms with Gasteiger partial charge in [0, 0.05) is 12.0 Å². The predicted octanol–water partition coefficient (Wildman–Crippen LogP) is 2.87. The molecule has 0 aliphatic heterocycles. The summed E-state index contributed by atoms with van der Waals surface area (Å²) in [5.74, 6) is 0.0979. The third-order valence-corrected chi connectivity index (χ3v) is 5.35. The molecule has 1 aliphatic carbocycles. The van der Waals surface area contributed by atoms with Gasteiger partial charge in [-0.1, -0.05) is 60.7 Å². The normalized spacial score (nSPS) is 17.7. The first-order valence-electron chi connectivity index (χ1n) is 8.00. The number of hydrogen-bond acceptors (Lipinski definition) is 3. The van der Waals surface area contributed by atoms with E-state index in [0.29, 0.717) is 0 Å². The SMILES string of the molecule is O=S(=O)(/C=C/c1ccccc1)NCC(O)(c1ccccc1)C1CC1. The van der Waals surface area contributed by atoms with E-state index in [2.05, 4.69) is 4.72 Å². The van der Waals surface area contributed by atoms with Gasteiger partial charge in [-0.2, -0.15) is 0 Å². The van der Waals surface area contributed by atoms with Crippen LogP contribution >= 0.6 is 0 Å². The van der Waals surface area contributed by atoms with Gasteiger partial charge in [0.25, 0.3) is 0 Å². The monoisotopic (exact) mass is 343 g/mol. The first-order chi connectivity index (χ1) is 11.5. The second kappa shape index (κ2) is 6.89. The third-order valence-electron chi connectivity index (χ3n) is 4.31. The molecule has 1 saturated carbocycles. The fourth-order valence-electron chi connectivity index (χ4n) is 2.76. The summed E-state index contributed by atoms with van der Waals surface area (Å²) in [5.41, 5.74) is 0.403. The van der Waals surface area contributed by atoms with Crippen LogP contribution in [-0.2, 0) is 15.6 Å². The van der Waals surface area contributed by atoms with E-state index in [4.69, 9.17) is 0 Å². The molecular formula is C19H21NO3S. The Morgan fingerprint density at radius 1 is 1.04 bits per heavy atom. The molecule has 0 radical (unpaired) electrons. The van der Waals surface area contributed by atoms with E-state index < -0.39 is 15.6 Å². The molecule has 24 heavy (non-hydrogen) atoms. The number of benzene rings is 2. The number of sulfonamides is 1. The van der Waals surface area contributed by atoms with Crippen LogP contribution in [-0.4, -0.2) is 20.1 Å². The maximum atomic E-state index is 12.2. The summed E-state index contributed by atoms with van der Waals surface area (Å²) in [5, 5.41) is 12.2. The van der Waals surface area contributed by atoms with Gasteiger partial charge in [0.05, 0.1) is 0 Å². The first-order valence-corrected chi connectivity index (χ1v) is 9.55. The molecule has 2 aromatic carbocycles. The topological polar surface area (TPSA) is 66.4 Å². The van der Waals surface area contributed by atoms with Gasteiger partial charge in [-0.15, -0.1) is 0 Å². The van der Waals surface area contributed by atoms with Crippen LogP contribution in [0.2, 0.25) is 0 Å². The Kier molecular flexibility index (Phi) is 4.85. The molecule has 2 aromatic rings. The first kappa shape index (κ1) is 16.9. The molecule has 1 atom stereocenters. The Morgan fingerprint density at radius 2 is 1.62 bits per heavy atom. The van der Waals surface area contributed by atoms with Crippen LogP contribution < -0.4 is 4.72 Å². The highest BCUT2D eigenvalue weighted by molar-refractivity contribution is 7.92. The number of nitrogens with one attached hydrogen (secondary N) is 1. The molecule has 2 N–H and O–H groups in total. The van der Waals surface area contributed by atoms with Crippen LogP contribution in [0.4, 0.5) is 0 Å². The summed E-state index contributed by atoms with van der Waals surface area (Å²) in [6, 6.07) is 18.5. The Bertz CT molecular complexity index is 799. The van der Waals surface area contributed by atoms with Crippen molar-refractivity contribution in [1.29, 1.82) is 0 Å². The number of hydrogen-bond donors (Lipinski definition) is 2. The lowest BCUT2D eigenvalue weighted by molar-refractivity contribution is 0.0186. The van der Waals surface area contributed by atoms with Crippen molar-refractivity contribution in [1.82, 2.24) is 4.72 Å². The standard InChI is InChI=1S/C19H21NO3S/c21-19(18-11-12-18,17-9-5-2-6-10-17)15-20-24(22,23)14-13-16-7-3-1-4-8-16/h1-10,13-14,18,20-21H,11-12,15H2/b14-13+. The summed E-state index contributed by atoms with van der Waals surface area (Å²) in [7, 11) is -3.62. The van der Waals surface area contributed by atoms with Gasteiger partial charge < -0.3 is 5.11 Å². The molecule has 4 nitrogen and oxygen atoms in total. The van der Waals surface area contributed by atoms with E-state index in [0.717, 1.165) is 29.4 Å². The maximum Gasteiger partial charge on any atom is 0.233 e. The van der Waals surface area contributed by atoms with Crippen molar-refractivity contribution >= 4 is 16.1 Å². The second-order valence-electron chi connectivity index (χ2n) is 6.14. The minimum absolute atomic E-state index is 0.0247. The van der Waals surface area contributed by atoms with E-state index in [1.165, 1.54) is 0 Å². The molecule has 0 spiro atoms. The molecule has 126 valence electrons. The van der Waals surface area contributed by atoms with Gasteiger partial charge in [-0.3, -0.25) is 0 Å². The average molecular weight is 343 g/mol. The fourth-order valence-corrected chi connectivity index (χ4v) is 3.61. The summed E-state index contributed by atoms with van der Waals surface area (Å²) < 4.78 is 27.0. The zero-order valence-corrected chi connectivity index (χ0v) is 14.1. The van der Waals surface area contributed by atoms with Crippen molar-refractivity contribution in [2.24, 2.45) is 5.92 Å². The highest BCUT2D eigenvalue weighted by Crippen LogP contribution is 2.45. The zero-order chi connectivity index (χ0) is 17.0. The molecule has 1 aliphatic rings. The van der Waals surface area contributed by atoms with Crippen molar-refractivity contribution in [2.45, 2.75) is 18.4 Å². The van der Waals surface area contributed by atoms with Gasteiger partial charge >= 0.3 is 0 Å². The summed E-state index contributed by atoms with van der Waals surface area (Å²) >= 11 is 0. The van der Waals surface area contributed by atoms with Crippen LogP contribution in [0.5, 0.6) is 0 Å². The third kappa shape index (κ3) is 4.12. The van der Waals surface area contributed by atoms with Gasteiger partial charge in [-0.05, 0) is 36.0 Å². The van der Waals surface area contributed by atoms with Crippen molar-refractivity contribution in [3.63, 3.8) is 0 Å². The summed E-state index contributed by atoms with van der Waals surface area (Å²) in [4.78, 5) is 0. The molecule has 0 saturated heterocycles. The van der Waals surface area contributed by atoms with Crippen LogP contribution in [0, 0.1) is 5.92 Å².